The number of nitrogens with zero attached hydrogens (tertiary/aromatic N) is 4. The van der Waals surface area contributed by atoms with Crippen LogP contribution in [0.25, 0.3) is 22.5 Å². The molecular weight excluding hydrogens is 894 g/mol. The zero-order valence-electron chi connectivity index (χ0n) is 35.4. The average Bonchev–Trinajstić information content (AvgIpc) is 3.24. The second-order valence-corrected chi connectivity index (χ2v) is 18.0. The highest BCUT2D eigenvalue weighted by Crippen LogP contribution is 2.29. The number of pyridine rings is 4. The SMILES string of the molecule is CC(C)COc1cc(F)cc(-c2ccc(C(=O)NS(=O)(=O)c3cccc(N)n3)c(F)n2)c1.COc1nc(-c2cc(F)cc(OCC(C)C)c2)ccc1C(=O)NS(=O)(=O)c1cccc(N)n1. The molecule has 17 nitrogen and oxygen atoms in total. The molecule has 4 heterocycles. The standard InChI is InChI=1S/C22H23FN4O5S.C21H20F2N4O4S/c1-13(2)12-32-16-10-14(9-15(23)11-16)18-8-7-17(22(25-18)31-3)21(28)27-33(29,30)20-6-4-5-19(24)26-20;1-12(2)11-31-15-9-13(8-14(22)10-15)17-7-6-16(20(23)25-17)21(28)27-32(29,30)19-5-3-4-18(24)26-19/h4-11,13H,12H2,1-3H3,(H2,24,26)(H,27,28);3-10,12H,11H2,1-2H3,(H2,24,26)(H,27,28). The number of carbonyl (C=O) groups is 2. The Kier molecular flexibility index (Phi) is 15.7. The maximum absolute atomic E-state index is 14.6. The van der Waals surface area contributed by atoms with Crippen molar-refractivity contribution in [3.63, 3.8) is 0 Å². The topological polar surface area (TPSA) is 258 Å². The Bertz CT molecular complexity index is 2940. The van der Waals surface area contributed by atoms with Gasteiger partial charge in [0, 0.05) is 23.3 Å². The molecule has 4 aromatic heterocycles. The molecule has 0 saturated heterocycles. The van der Waals surface area contributed by atoms with Crippen LogP contribution in [0.5, 0.6) is 17.4 Å². The Labute approximate surface area is 372 Å². The highest BCUT2D eigenvalue weighted by atomic mass is 32.2. The van der Waals surface area contributed by atoms with Crippen LogP contribution < -0.4 is 35.1 Å². The van der Waals surface area contributed by atoms with Crippen molar-refractivity contribution in [2.45, 2.75) is 37.7 Å². The second kappa shape index (κ2) is 20.9. The molecule has 65 heavy (non-hydrogen) atoms. The quantitative estimate of drug-likeness (QED) is 0.0838. The Morgan fingerprint density at radius 2 is 1.03 bits per heavy atom. The number of ether oxygens (including phenoxy) is 3. The number of aromatic nitrogens is 4. The van der Waals surface area contributed by atoms with Gasteiger partial charge in [-0.05, 0) is 84.6 Å². The average molecular weight is 937 g/mol. The van der Waals surface area contributed by atoms with E-state index in [0.29, 0.717) is 30.2 Å². The third kappa shape index (κ3) is 13.3. The molecule has 0 fully saturated rings. The van der Waals surface area contributed by atoms with Crippen LogP contribution in [0.3, 0.4) is 0 Å². The van der Waals surface area contributed by atoms with E-state index in [1.165, 1.54) is 79.9 Å². The van der Waals surface area contributed by atoms with Gasteiger partial charge in [-0.25, -0.2) is 38.2 Å². The molecule has 0 aliphatic rings. The number of hydrogen-bond donors (Lipinski definition) is 4. The molecule has 22 heteroatoms. The number of benzene rings is 2. The first-order chi connectivity index (χ1) is 30.6. The van der Waals surface area contributed by atoms with Crippen molar-refractivity contribution < 1.29 is 53.8 Å². The van der Waals surface area contributed by atoms with Crippen molar-refractivity contribution in [3.8, 4) is 39.9 Å². The Morgan fingerprint density at radius 3 is 1.45 bits per heavy atom. The minimum atomic E-state index is -4.39. The lowest BCUT2D eigenvalue weighted by molar-refractivity contribution is 0.0967. The number of nitrogens with two attached hydrogens (primary N) is 2. The van der Waals surface area contributed by atoms with Crippen LogP contribution in [0, 0.1) is 29.4 Å². The number of methoxy groups -OCH3 is 1. The first-order valence-electron chi connectivity index (χ1n) is 19.3. The van der Waals surface area contributed by atoms with E-state index in [4.69, 9.17) is 25.7 Å². The van der Waals surface area contributed by atoms with Gasteiger partial charge in [0.1, 0.15) is 40.3 Å². The fraction of sp³-hybridized carbons (Fsp3) is 0.209. The van der Waals surface area contributed by atoms with Crippen molar-refractivity contribution in [2.24, 2.45) is 11.8 Å². The van der Waals surface area contributed by atoms with E-state index >= 15 is 0 Å². The fourth-order valence-electron chi connectivity index (χ4n) is 5.43. The maximum atomic E-state index is 14.6. The predicted molar refractivity (Wildman–Crippen MR) is 233 cm³/mol. The molecule has 0 atom stereocenters. The largest absolute Gasteiger partial charge is 0.493 e. The van der Waals surface area contributed by atoms with Crippen LogP contribution in [-0.4, -0.2) is 68.9 Å². The molecule has 6 aromatic rings. The minimum absolute atomic E-state index is 0.0132. The van der Waals surface area contributed by atoms with Gasteiger partial charge in [0.2, 0.25) is 11.8 Å². The highest BCUT2D eigenvalue weighted by Gasteiger charge is 2.25. The van der Waals surface area contributed by atoms with Gasteiger partial charge < -0.3 is 25.7 Å². The van der Waals surface area contributed by atoms with Crippen molar-refractivity contribution in [3.05, 3.63) is 126 Å². The normalized spacial score (nSPS) is 11.4. The number of nitrogen functional groups attached to an aromatic ring is 2. The Morgan fingerprint density at radius 1 is 0.600 bits per heavy atom. The highest BCUT2D eigenvalue weighted by molar-refractivity contribution is 7.90. The van der Waals surface area contributed by atoms with Crippen LogP contribution in [0.1, 0.15) is 48.4 Å². The van der Waals surface area contributed by atoms with Crippen molar-refractivity contribution in [1.82, 2.24) is 29.4 Å². The predicted octanol–water partition coefficient (Wildman–Crippen LogP) is 6.18. The molecule has 0 saturated carbocycles. The number of rotatable bonds is 15. The Hall–Kier alpha value is -7.33. The van der Waals surface area contributed by atoms with Crippen LogP contribution >= 0.6 is 0 Å². The molecular formula is C43H43F3N8O9S2. The molecule has 0 unspecified atom stereocenters. The number of amides is 2. The van der Waals surface area contributed by atoms with Gasteiger partial charge in [-0.2, -0.15) is 21.2 Å². The summed E-state index contributed by atoms with van der Waals surface area (Å²) < 4.78 is 112. The van der Waals surface area contributed by atoms with Crippen LogP contribution in [0.15, 0.2) is 107 Å². The summed E-state index contributed by atoms with van der Waals surface area (Å²) in [5, 5.41) is -0.905. The Balaban J connectivity index is 0.000000244. The summed E-state index contributed by atoms with van der Waals surface area (Å²) in [5.74, 6) is -3.74. The summed E-state index contributed by atoms with van der Waals surface area (Å²) in [6.45, 7) is 8.59. The molecule has 2 amide bonds. The molecule has 2 aromatic carbocycles. The van der Waals surface area contributed by atoms with Gasteiger partial charge in [-0.15, -0.1) is 0 Å². The number of sulfonamides is 2. The molecule has 0 bridgehead atoms. The van der Waals surface area contributed by atoms with Gasteiger partial charge in [-0.1, -0.05) is 39.8 Å². The first-order valence-corrected chi connectivity index (χ1v) is 22.3. The van der Waals surface area contributed by atoms with E-state index in [-0.39, 0.29) is 51.9 Å². The smallest absolute Gasteiger partial charge is 0.281 e. The minimum Gasteiger partial charge on any atom is -0.493 e. The van der Waals surface area contributed by atoms with Crippen molar-refractivity contribution in [1.29, 1.82) is 0 Å². The lowest BCUT2D eigenvalue weighted by Gasteiger charge is -2.12. The van der Waals surface area contributed by atoms with Gasteiger partial charge in [0.15, 0.2) is 10.1 Å². The summed E-state index contributed by atoms with van der Waals surface area (Å²) >= 11 is 0. The molecule has 0 aliphatic heterocycles. The molecule has 0 aliphatic carbocycles. The van der Waals surface area contributed by atoms with Crippen molar-refractivity contribution in [2.75, 3.05) is 31.8 Å². The zero-order valence-corrected chi connectivity index (χ0v) is 37.0. The lowest BCUT2D eigenvalue weighted by atomic mass is 10.1. The third-order valence-electron chi connectivity index (χ3n) is 8.39. The number of anilines is 2. The summed E-state index contributed by atoms with van der Waals surface area (Å²) in [4.78, 5) is 40.2. The number of hydrogen-bond acceptors (Lipinski definition) is 15. The molecule has 0 spiro atoms. The van der Waals surface area contributed by atoms with Gasteiger partial charge in [0.05, 0.1) is 37.3 Å². The zero-order chi connectivity index (χ0) is 47.6. The molecule has 6 rings (SSSR count). The number of halogens is 3. The van der Waals surface area contributed by atoms with E-state index in [0.717, 1.165) is 18.2 Å². The lowest BCUT2D eigenvalue weighted by Crippen LogP contribution is -2.32. The summed E-state index contributed by atoms with van der Waals surface area (Å²) in [6.07, 6.45) is 0. The summed E-state index contributed by atoms with van der Waals surface area (Å²) in [5.41, 5.74) is 11.2. The monoisotopic (exact) mass is 936 g/mol. The molecule has 342 valence electrons. The molecule has 6 N–H and O–H groups in total. The second-order valence-electron chi connectivity index (χ2n) is 14.7. The van der Waals surface area contributed by atoms with E-state index in [2.05, 4.69) is 19.9 Å². The van der Waals surface area contributed by atoms with Crippen LogP contribution in [0.2, 0.25) is 0 Å². The number of nitrogens with one attached hydrogen (secondary N) is 2. The number of carbonyl (C=O) groups excluding carboxylic acids is 2. The van der Waals surface area contributed by atoms with E-state index in [9.17, 15) is 39.6 Å². The van der Waals surface area contributed by atoms with E-state index < -0.39 is 65.1 Å². The summed E-state index contributed by atoms with van der Waals surface area (Å²) in [6, 6.07) is 20.9. The fourth-order valence-corrected chi connectivity index (χ4v) is 7.31. The van der Waals surface area contributed by atoms with Gasteiger partial charge >= 0.3 is 0 Å². The van der Waals surface area contributed by atoms with Gasteiger partial charge in [0.25, 0.3) is 31.9 Å². The van der Waals surface area contributed by atoms with E-state index in [1.54, 1.807) is 10.8 Å². The maximum Gasteiger partial charge on any atom is 0.281 e. The summed E-state index contributed by atoms with van der Waals surface area (Å²) in [7, 11) is -7.39. The first kappa shape index (κ1) is 48.7. The molecule has 0 radical (unpaired) electrons. The van der Waals surface area contributed by atoms with Crippen LogP contribution in [-0.2, 0) is 20.0 Å². The van der Waals surface area contributed by atoms with Crippen LogP contribution in [0.4, 0.5) is 24.8 Å². The van der Waals surface area contributed by atoms with E-state index in [1.807, 2.05) is 32.4 Å². The van der Waals surface area contributed by atoms with Gasteiger partial charge in [-0.3, -0.25) is 9.59 Å². The van der Waals surface area contributed by atoms with Crippen molar-refractivity contribution >= 4 is 43.5 Å². The third-order valence-corrected chi connectivity index (χ3v) is 10.9.